The Morgan fingerprint density at radius 1 is 1.40 bits per heavy atom. The van der Waals surface area contributed by atoms with Gasteiger partial charge in [-0.2, -0.15) is 0 Å². The second-order valence-electron chi connectivity index (χ2n) is 3.08. The zero-order valence-corrected chi connectivity index (χ0v) is 8.64. The molecule has 1 aromatic rings. The minimum Gasteiger partial charge on any atom is -0.427 e. The third-order valence-corrected chi connectivity index (χ3v) is 1.75. The van der Waals surface area contributed by atoms with E-state index < -0.39 is 0 Å². The number of aliphatic hydroxyl groups is 1. The van der Waals surface area contributed by atoms with Gasteiger partial charge in [0.1, 0.15) is 5.75 Å². The highest BCUT2D eigenvalue weighted by Crippen LogP contribution is 2.13. The van der Waals surface area contributed by atoms with E-state index in [1.54, 1.807) is 12.1 Å². The summed E-state index contributed by atoms with van der Waals surface area (Å²) in [5.41, 5.74) is 1.01. The van der Waals surface area contributed by atoms with Crippen molar-refractivity contribution in [1.82, 2.24) is 0 Å². The third kappa shape index (κ3) is 4.42. The predicted molar refractivity (Wildman–Crippen MR) is 58.5 cm³/mol. The molecule has 0 aromatic heterocycles. The van der Waals surface area contributed by atoms with E-state index in [-0.39, 0.29) is 12.6 Å². The first-order valence-corrected chi connectivity index (χ1v) is 4.78. The molecule has 3 heteroatoms. The monoisotopic (exact) mass is 206 g/mol. The van der Waals surface area contributed by atoms with Crippen LogP contribution in [0.4, 0.5) is 0 Å². The van der Waals surface area contributed by atoms with E-state index in [1.807, 2.05) is 24.3 Å². The Hall–Kier alpha value is -1.61. The lowest BCUT2D eigenvalue weighted by atomic mass is 10.2. The fourth-order valence-corrected chi connectivity index (χ4v) is 1.11. The second-order valence-corrected chi connectivity index (χ2v) is 3.08. The van der Waals surface area contributed by atoms with Crippen LogP contribution in [-0.4, -0.2) is 17.7 Å². The lowest BCUT2D eigenvalue weighted by molar-refractivity contribution is -0.131. The summed E-state index contributed by atoms with van der Waals surface area (Å²) in [7, 11) is 0. The van der Waals surface area contributed by atoms with E-state index in [1.165, 1.54) is 6.92 Å². The number of carbonyl (C=O) groups is 1. The molecule has 80 valence electrons. The molecule has 0 amide bonds. The first kappa shape index (κ1) is 11.5. The molecule has 0 saturated heterocycles. The van der Waals surface area contributed by atoms with Gasteiger partial charge in [0.2, 0.25) is 0 Å². The number of rotatable bonds is 4. The molecule has 0 spiro atoms. The van der Waals surface area contributed by atoms with Gasteiger partial charge in [-0.3, -0.25) is 4.79 Å². The summed E-state index contributed by atoms with van der Waals surface area (Å²) in [6.45, 7) is 1.52. The molecule has 0 bridgehead atoms. The van der Waals surface area contributed by atoms with Crippen LogP contribution in [0, 0.1) is 0 Å². The fraction of sp³-hybridized carbons (Fsp3) is 0.250. The van der Waals surface area contributed by atoms with Crippen LogP contribution in [-0.2, 0) is 4.79 Å². The number of benzene rings is 1. The van der Waals surface area contributed by atoms with Crippen LogP contribution in [0.5, 0.6) is 5.75 Å². The molecule has 0 unspecified atom stereocenters. The van der Waals surface area contributed by atoms with Crippen molar-refractivity contribution in [3.05, 3.63) is 35.9 Å². The van der Waals surface area contributed by atoms with Gasteiger partial charge in [0.05, 0.1) is 0 Å². The van der Waals surface area contributed by atoms with Crippen LogP contribution in [0.1, 0.15) is 18.9 Å². The molecule has 3 nitrogen and oxygen atoms in total. The molecule has 0 fully saturated rings. The van der Waals surface area contributed by atoms with Crippen molar-refractivity contribution in [3.8, 4) is 5.75 Å². The molecule has 1 aromatic carbocycles. The Morgan fingerprint density at radius 2 is 2.07 bits per heavy atom. The van der Waals surface area contributed by atoms with E-state index in [0.29, 0.717) is 12.2 Å². The Kier molecular flexibility index (Phi) is 4.57. The Labute approximate surface area is 89.0 Å². The SMILES string of the molecule is CC(=O)Oc1ccc(C=CCCO)cc1. The van der Waals surface area contributed by atoms with Gasteiger partial charge in [-0.05, 0) is 24.1 Å². The highest BCUT2D eigenvalue weighted by Gasteiger charge is 1.96. The summed E-state index contributed by atoms with van der Waals surface area (Å²) in [6.07, 6.45) is 4.44. The summed E-state index contributed by atoms with van der Waals surface area (Å²) >= 11 is 0. The second kappa shape index (κ2) is 5.98. The summed E-state index contributed by atoms with van der Waals surface area (Å²) in [4.78, 5) is 10.6. The molecule has 0 aliphatic rings. The van der Waals surface area contributed by atoms with Gasteiger partial charge >= 0.3 is 5.97 Å². The molecule has 1 rings (SSSR count). The van der Waals surface area contributed by atoms with Crippen molar-refractivity contribution in [2.45, 2.75) is 13.3 Å². The summed E-state index contributed by atoms with van der Waals surface area (Å²) < 4.78 is 4.89. The van der Waals surface area contributed by atoms with Gasteiger partial charge in [0, 0.05) is 13.5 Å². The molecule has 0 atom stereocenters. The average molecular weight is 206 g/mol. The van der Waals surface area contributed by atoms with Gasteiger partial charge in [0.25, 0.3) is 0 Å². The number of carbonyl (C=O) groups excluding carboxylic acids is 1. The fourth-order valence-electron chi connectivity index (χ4n) is 1.11. The zero-order valence-electron chi connectivity index (χ0n) is 8.64. The van der Waals surface area contributed by atoms with Crippen LogP contribution < -0.4 is 4.74 Å². The van der Waals surface area contributed by atoms with Crippen LogP contribution in [0.3, 0.4) is 0 Å². The average Bonchev–Trinajstić information content (AvgIpc) is 2.20. The molecule has 0 saturated carbocycles. The summed E-state index contributed by atoms with van der Waals surface area (Å²) in [5, 5.41) is 8.58. The molecule has 0 aliphatic heterocycles. The molecular formula is C12H14O3. The topological polar surface area (TPSA) is 46.5 Å². The van der Waals surface area contributed by atoms with Crippen molar-refractivity contribution in [2.75, 3.05) is 6.61 Å². The molecule has 15 heavy (non-hydrogen) atoms. The molecule has 0 heterocycles. The van der Waals surface area contributed by atoms with Gasteiger partial charge in [0.15, 0.2) is 0 Å². The number of aliphatic hydroxyl groups excluding tert-OH is 1. The van der Waals surface area contributed by atoms with E-state index in [0.717, 1.165) is 5.56 Å². The quantitative estimate of drug-likeness (QED) is 0.605. The Balaban J connectivity index is 2.60. The van der Waals surface area contributed by atoms with Crippen molar-refractivity contribution in [2.24, 2.45) is 0 Å². The molecule has 0 aliphatic carbocycles. The van der Waals surface area contributed by atoms with Gasteiger partial charge in [-0.25, -0.2) is 0 Å². The minimum absolute atomic E-state index is 0.155. The Morgan fingerprint density at radius 3 is 2.60 bits per heavy atom. The maximum atomic E-state index is 10.6. The maximum Gasteiger partial charge on any atom is 0.308 e. The first-order chi connectivity index (χ1) is 7.22. The lowest BCUT2D eigenvalue weighted by Gasteiger charge is -2.00. The van der Waals surface area contributed by atoms with E-state index in [9.17, 15) is 4.79 Å². The summed E-state index contributed by atoms with van der Waals surface area (Å²) in [5.74, 6) is 0.223. The number of ether oxygens (including phenoxy) is 1. The zero-order chi connectivity index (χ0) is 11.1. The van der Waals surface area contributed by atoms with E-state index in [2.05, 4.69) is 0 Å². The molecule has 0 radical (unpaired) electrons. The third-order valence-electron chi connectivity index (χ3n) is 1.75. The number of hydrogen-bond acceptors (Lipinski definition) is 3. The van der Waals surface area contributed by atoms with Crippen molar-refractivity contribution in [3.63, 3.8) is 0 Å². The smallest absolute Gasteiger partial charge is 0.308 e. The van der Waals surface area contributed by atoms with Crippen LogP contribution in [0.25, 0.3) is 6.08 Å². The maximum absolute atomic E-state index is 10.6. The number of hydrogen-bond donors (Lipinski definition) is 1. The molecule has 1 N–H and O–H groups in total. The summed E-state index contributed by atoms with van der Waals surface area (Å²) in [6, 6.07) is 7.18. The normalized spacial score (nSPS) is 10.5. The van der Waals surface area contributed by atoms with Gasteiger partial charge in [-0.15, -0.1) is 0 Å². The highest BCUT2D eigenvalue weighted by molar-refractivity contribution is 5.69. The van der Waals surface area contributed by atoms with Crippen molar-refractivity contribution >= 4 is 12.0 Å². The van der Waals surface area contributed by atoms with Crippen LogP contribution in [0.2, 0.25) is 0 Å². The first-order valence-electron chi connectivity index (χ1n) is 4.78. The minimum atomic E-state index is -0.321. The highest BCUT2D eigenvalue weighted by atomic mass is 16.5. The lowest BCUT2D eigenvalue weighted by Crippen LogP contribution is -2.00. The Bertz CT molecular complexity index is 338. The van der Waals surface area contributed by atoms with Crippen molar-refractivity contribution < 1.29 is 14.6 Å². The number of esters is 1. The van der Waals surface area contributed by atoms with Crippen LogP contribution >= 0.6 is 0 Å². The van der Waals surface area contributed by atoms with Gasteiger partial charge in [-0.1, -0.05) is 24.3 Å². The van der Waals surface area contributed by atoms with Crippen LogP contribution in [0.15, 0.2) is 30.3 Å². The van der Waals surface area contributed by atoms with Crippen molar-refractivity contribution in [1.29, 1.82) is 0 Å². The standard InChI is InChI=1S/C12H14O3/c1-10(14)15-12-7-5-11(6-8-12)4-2-3-9-13/h2,4-8,13H,3,9H2,1H3. The van der Waals surface area contributed by atoms with Gasteiger partial charge < -0.3 is 9.84 Å². The largest absolute Gasteiger partial charge is 0.427 e. The predicted octanol–water partition coefficient (Wildman–Crippen LogP) is 2.01. The van der Waals surface area contributed by atoms with E-state index in [4.69, 9.17) is 9.84 Å². The molecular weight excluding hydrogens is 192 g/mol. The van der Waals surface area contributed by atoms with E-state index >= 15 is 0 Å².